The van der Waals surface area contributed by atoms with Crippen molar-refractivity contribution >= 4 is 124 Å². The molecule has 0 radical (unpaired) electrons. The van der Waals surface area contributed by atoms with Gasteiger partial charge in [-0.3, -0.25) is 15.0 Å². The van der Waals surface area contributed by atoms with Gasteiger partial charge in [-0.05, 0) is 181 Å². The van der Waals surface area contributed by atoms with E-state index in [0.717, 1.165) is 50.6 Å². The lowest BCUT2D eigenvalue weighted by Crippen LogP contribution is -2.25. The topological polar surface area (TPSA) is 38.7 Å². The second kappa shape index (κ2) is 18.9. The lowest BCUT2D eigenvalue weighted by atomic mass is 9.70. The van der Waals surface area contributed by atoms with Crippen molar-refractivity contribution < 1.29 is 0 Å². The van der Waals surface area contributed by atoms with Crippen molar-refractivity contribution in [2.45, 2.75) is 18.8 Å². The molecule has 0 saturated heterocycles. The standard InChI is InChI=1S/C82H51N3S/c1-82(36-35-67-60-23-3-5-25-62(60)71-42-53(32-34-66(71)75(67)47-82)49-15-12-16-50(39-49)54-31-33-65-61-24-8-9-29-69(61)79-80(73(65)43-54)84-38-37-83-79)57-44-70(81-74(45-57)68-28-10-11-30-78(68)86-81)55-19-13-17-51(40-55)52-18-14-20-56(41-52)77-46-72-63-26-6-2-21-58(63)59-22-4-7-27-64(59)76(72)48-85-77/h2-46,48H,47H2,1H3. The average Bonchev–Trinajstić information content (AvgIpc) is 1.18. The molecular formula is C82H51N3S. The average molecular weight is 1110 g/mol. The van der Waals surface area contributed by atoms with Gasteiger partial charge in [-0.2, -0.15) is 0 Å². The molecular weight excluding hydrogens is 1060 g/mol. The van der Waals surface area contributed by atoms with Crippen LogP contribution in [0.15, 0.2) is 273 Å². The molecule has 0 aliphatic heterocycles. The van der Waals surface area contributed by atoms with E-state index in [0.29, 0.717) is 0 Å². The van der Waals surface area contributed by atoms with Gasteiger partial charge in [-0.15, -0.1) is 11.3 Å². The SMILES string of the molecule is CC1(c2cc(-c3cccc(-c4cccc(-c5cc6c7ccccc7c7ccccc7c6cn5)c4)c3)c3sc4ccccc4c3c2)C=Cc2c(c3ccc(-c4cccc(-c5ccc6c7ccccc7c7nccnc7c6c5)c4)cc3c3ccccc23)C1. The number of fused-ring (bicyclic) bond motifs is 21. The predicted octanol–water partition coefficient (Wildman–Crippen LogP) is 22.3. The molecule has 86 heavy (non-hydrogen) atoms. The molecule has 0 fully saturated rings. The summed E-state index contributed by atoms with van der Waals surface area (Å²) in [4.78, 5) is 14.8. The lowest BCUT2D eigenvalue weighted by Gasteiger charge is -2.33. The minimum Gasteiger partial charge on any atom is -0.256 e. The zero-order chi connectivity index (χ0) is 56.6. The van der Waals surface area contributed by atoms with E-state index in [1.54, 1.807) is 12.4 Å². The Morgan fingerprint density at radius 3 is 1.50 bits per heavy atom. The van der Waals surface area contributed by atoms with Gasteiger partial charge in [0.1, 0.15) is 0 Å². The van der Waals surface area contributed by atoms with Gasteiger partial charge in [0.2, 0.25) is 0 Å². The Morgan fingerprint density at radius 1 is 0.337 bits per heavy atom. The fourth-order valence-corrected chi connectivity index (χ4v) is 15.7. The van der Waals surface area contributed by atoms with Crippen molar-refractivity contribution in [1.82, 2.24) is 15.0 Å². The minimum absolute atomic E-state index is 0.305. The smallest absolute Gasteiger partial charge is 0.0971 e. The Morgan fingerprint density at radius 2 is 0.814 bits per heavy atom. The highest BCUT2D eigenvalue weighted by Gasteiger charge is 2.32. The fraction of sp³-hybridized carbons (Fsp3) is 0.0366. The van der Waals surface area contributed by atoms with Crippen LogP contribution >= 0.6 is 11.3 Å². The van der Waals surface area contributed by atoms with E-state index in [4.69, 9.17) is 15.0 Å². The quantitative estimate of drug-likeness (QED) is 0.156. The van der Waals surface area contributed by atoms with Crippen LogP contribution in [0.5, 0.6) is 0 Å². The third kappa shape index (κ3) is 7.56. The summed E-state index contributed by atoms with van der Waals surface area (Å²) in [5, 5.41) is 19.8. The van der Waals surface area contributed by atoms with Crippen molar-refractivity contribution in [2.75, 3.05) is 0 Å². The van der Waals surface area contributed by atoms with E-state index >= 15 is 0 Å². The number of rotatable bonds is 6. The van der Waals surface area contributed by atoms with E-state index in [9.17, 15) is 0 Å². The summed E-state index contributed by atoms with van der Waals surface area (Å²) in [5.41, 5.74) is 17.2. The molecule has 18 rings (SSSR count). The molecule has 3 nitrogen and oxygen atoms in total. The number of nitrogens with zero attached hydrogens (tertiary/aromatic N) is 3. The first kappa shape index (κ1) is 48.8. The van der Waals surface area contributed by atoms with Crippen LogP contribution < -0.4 is 0 Å². The maximum absolute atomic E-state index is 5.14. The summed E-state index contributed by atoms with van der Waals surface area (Å²) in [7, 11) is 0. The Bertz CT molecular complexity index is 5720. The summed E-state index contributed by atoms with van der Waals surface area (Å²) in [6.07, 6.45) is 11.5. The molecule has 17 aromatic rings. The van der Waals surface area contributed by atoms with Crippen molar-refractivity contribution in [3.05, 3.63) is 290 Å². The molecule has 3 heterocycles. The van der Waals surface area contributed by atoms with Crippen LogP contribution in [0.1, 0.15) is 23.6 Å². The summed E-state index contributed by atoms with van der Waals surface area (Å²) in [5.74, 6) is 0. The number of pyridine rings is 1. The van der Waals surface area contributed by atoms with Crippen LogP contribution in [0.3, 0.4) is 0 Å². The summed E-state index contributed by atoms with van der Waals surface area (Å²) >= 11 is 1.90. The molecule has 0 bridgehead atoms. The van der Waals surface area contributed by atoms with Gasteiger partial charge >= 0.3 is 0 Å². The van der Waals surface area contributed by atoms with Crippen molar-refractivity contribution in [2.24, 2.45) is 0 Å². The summed E-state index contributed by atoms with van der Waals surface area (Å²) in [6.45, 7) is 2.45. The Labute approximate surface area is 500 Å². The largest absolute Gasteiger partial charge is 0.256 e. The van der Waals surface area contributed by atoms with Gasteiger partial charge in [0.25, 0.3) is 0 Å². The first-order chi connectivity index (χ1) is 42.5. The molecule has 3 aromatic heterocycles. The van der Waals surface area contributed by atoms with Crippen LogP contribution in [0.4, 0.5) is 0 Å². The van der Waals surface area contributed by atoms with Gasteiger partial charge in [0.05, 0.1) is 16.7 Å². The normalized spacial score (nSPS) is 14.3. The van der Waals surface area contributed by atoms with E-state index < -0.39 is 0 Å². The molecule has 4 heteroatoms. The van der Waals surface area contributed by atoms with Crippen LogP contribution in [-0.2, 0) is 11.8 Å². The Hall–Kier alpha value is -10.7. The van der Waals surface area contributed by atoms with E-state index in [1.807, 2.05) is 11.3 Å². The fourth-order valence-electron chi connectivity index (χ4n) is 14.5. The van der Waals surface area contributed by atoms with Gasteiger partial charge in [0.15, 0.2) is 0 Å². The Balaban J connectivity index is 0.724. The number of thiophene rings is 1. The molecule has 0 spiro atoms. The second-order valence-electron chi connectivity index (χ2n) is 23.6. The zero-order valence-electron chi connectivity index (χ0n) is 47.0. The van der Waals surface area contributed by atoms with E-state index in [2.05, 4.69) is 274 Å². The van der Waals surface area contributed by atoms with Crippen molar-refractivity contribution in [3.63, 3.8) is 0 Å². The molecule has 0 saturated carbocycles. The molecule has 400 valence electrons. The highest BCUT2D eigenvalue weighted by atomic mass is 32.1. The van der Waals surface area contributed by atoms with Gasteiger partial charge in [-0.25, -0.2) is 0 Å². The third-order valence-corrected chi connectivity index (χ3v) is 20.0. The predicted molar refractivity (Wildman–Crippen MR) is 366 cm³/mol. The molecule has 14 aromatic carbocycles. The van der Waals surface area contributed by atoms with Crippen LogP contribution in [-0.4, -0.2) is 15.0 Å². The van der Waals surface area contributed by atoms with Gasteiger partial charge in [-0.1, -0.05) is 213 Å². The first-order valence-electron chi connectivity index (χ1n) is 29.7. The highest BCUT2D eigenvalue weighted by molar-refractivity contribution is 7.26. The van der Waals surface area contributed by atoms with Crippen molar-refractivity contribution in [1.29, 1.82) is 0 Å². The third-order valence-electron chi connectivity index (χ3n) is 18.7. The first-order valence-corrected chi connectivity index (χ1v) is 30.5. The molecule has 0 amide bonds. The van der Waals surface area contributed by atoms with Gasteiger partial charge < -0.3 is 0 Å². The Kier molecular flexibility index (Phi) is 10.8. The zero-order valence-corrected chi connectivity index (χ0v) is 47.8. The maximum atomic E-state index is 5.14. The number of allylic oxidation sites excluding steroid dienone is 1. The summed E-state index contributed by atoms with van der Waals surface area (Å²) < 4.78 is 2.62. The van der Waals surface area contributed by atoms with Crippen LogP contribution in [0, 0.1) is 0 Å². The molecule has 1 atom stereocenters. The number of aromatic nitrogens is 3. The molecule has 1 aliphatic rings. The molecule has 0 N–H and O–H groups in total. The van der Waals surface area contributed by atoms with Gasteiger partial charge in [0, 0.05) is 65.9 Å². The molecule has 1 aliphatic carbocycles. The number of hydrogen-bond donors (Lipinski definition) is 0. The van der Waals surface area contributed by atoms with Crippen LogP contribution in [0.25, 0.3) is 168 Å². The number of hydrogen-bond acceptors (Lipinski definition) is 4. The van der Waals surface area contributed by atoms with E-state index in [1.165, 1.54) is 135 Å². The second-order valence-corrected chi connectivity index (χ2v) is 24.7. The van der Waals surface area contributed by atoms with E-state index in [-0.39, 0.29) is 5.41 Å². The molecule has 1 unspecified atom stereocenters. The monoisotopic (exact) mass is 1110 g/mol. The van der Waals surface area contributed by atoms with Crippen LogP contribution in [0.2, 0.25) is 0 Å². The van der Waals surface area contributed by atoms with Crippen molar-refractivity contribution in [3.8, 4) is 55.8 Å². The maximum Gasteiger partial charge on any atom is 0.0971 e. The number of benzene rings is 14. The highest BCUT2D eigenvalue weighted by Crippen LogP contribution is 2.49. The summed E-state index contributed by atoms with van der Waals surface area (Å²) in [6, 6.07) is 92.4. The minimum atomic E-state index is -0.305. The lowest BCUT2D eigenvalue weighted by molar-refractivity contribution is 0.591.